The van der Waals surface area contributed by atoms with Gasteiger partial charge in [-0.25, -0.2) is 4.79 Å². The minimum Gasteiger partial charge on any atom is -0.495 e. The highest BCUT2D eigenvalue weighted by atomic mass is 32.1. The van der Waals surface area contributed by atoms with Gasteiger partial charge in [0, 0.05) is 17.5 Å². The predicted octanol–water partition coefficient (Wildman–Crippen LogP) is 4.60. The van der Waals surface area contributed by atoms with Gasteiger partial charge in [0.2, 0.25) is 5.91 Å². The maximum atomic E-state index is 12.5. The first kappa shape index (κ1) is 17.7. The number of ether oxygens (including phenoxy) is 2. The van der Waals surface area contributed by atoms with Crippen molar-refractivity contribution in [1.29, 1.82) is 0 Å². The Labute approximate surface area is 155 Å². The van der Waals surface area contributed by atoms with E-state index in [0.717, 1.165) is 10.4 Å². The van der Waals surface area contributed by atoms with Crippen LogP contribution in [0.5, 0.6) is 11.5 Å². The van der Waals surface area contributed by atoms with E-state index >= 15 is 0 Å². The highest BCUT2D eigenvalue weighted by Crippen LogP contribution is 2.36. The van der Waals surface area contributed by atoms with Crippen LogP contribution in [-0.2, 0) is 4.79 Å². The van der Waals surface area contributed by atoms with E-state index in [1.54, 1.807) is 24.3 Å². The number of hydrogen-bond donors (Lipinski definition) is 1. The predicted molar refractivity (Wildman–Crippen MR) is 102 cm³/mol. The number of hydrogen-bond acceptors (Lipinski definition) is 5. The van der Waals surface area contributed by atoms with Gasteiger partial charge in [-0.1, -0.05) is 30.3 Å². The van der Waals surface area contributed by atoms with Crippen molar-refractivity contribution < 1.29 is 19.1 Å². The van der Waals surface area contributed by atoms with E-state index in [2.05, 4.69) is 5.32 Å². The molecule has 0 radical (unpaired) electrons. The van der Waals surface area contributed by atoms with Crippen LogP contribution in [0.4, 0.5) is 5.69 Å². The lowest BCUT2D eigenvalue weighted by molar-refractivity contribution is -0.114. The number of carbonyl (C=O) groups is 2. The topological polar surface area (TPSA) is 64.6 Å². The fraction of sp³-hybridized carbons (Fsp3) is 0.100. The van der Waals surface area contributed by atoms with E-state index in [9.17, 15) is 9.59 Å². The zero-order valence-electron chi connectivity index (χ0n) is 14.3. The molecule has 1 aromatic heterocycles. The maximum absolute atomic E-state index is 12.5. The second kappa shape index (κ2) is 7.84. The van der Waals surface area contributed by atoms with E-state index in [4.69, 9.17) is 9.47 Å². The van der Waals surface area contributed by atoms with Crippen molar-refractivity contribution in [3.05, 3.63) is 65.5 Å². The van der Waals surface area contributed by atoms with E-state index in [0.29, 0.717) is 22.1 Å². The standard InChI is InChI=1S/C20H17NO4S/c1-13(22)21-15-8-10-16(11-9-15)25-20(23)19-17(24-2)12-18(26-19)14-6-4-3-5-7-14/h3-12H,1-2H3,(H,21,22). The van der Waals surface area contributed by atoms with Crippen LogP contribution < -0.4 is 14.8 Å². The summed E-state index contributed by atoms with van der Waals surface area (Å²) in [7, 11) is 1.52. The second-order valence-corrected chi connectivity index (χ2v) is 6.52. The molecule has 3 aromatic rings. The maximum Gasteiger partial charge on any atom is 0.357 e. The quantitative estimate of drug-likeness (QED) is 0.529. The van der Waals surface area contributed by atoms with Crippen molar-refractivity contribution in [2.24, 2.45) is 0 Å². The Morgan fingerprint density at radius 3 is 2.31 bits per heavy atom. The molecule has 2 aromatic carbocycles. The third-order valence-electron chi connectivity index (χ3n) is 3.55. The molecule has 0 saturated heterocycles. The average molecular weight is 367 g/mol. The van der Waals surface area contributed by atoms with Crippen LogP contribution in [0.25, 0.3) is 10.4 Å². The van der Waals surface area contributed by atoms with Gasteiger partial charge in [0.25, 0.3) is 0 Å². The molecule has 1 heterocycles. The Morgan fingerprint density at radius 2 is 1.69 bits per heavy atom. The van der Waals surface area contributed by atoms with Crippen LogP contribution >= 0.6 is 11.3 Å². The summed E-state index contributed by atoms with van der Waals surface area (Å²) in [4.78, 5) is 24.9. The van der Waals surface area contributed by atoms with Gasteiger partial charge in [0.1, 0.15) is 11.5 Å². The average Bonchev–Trinajstić information content (AvgIpc) is 3.08. The van der Waals surface area contributed by atoms with Crippen molar-refractivity contribution in [2.75, 3.05) is 12.4 Å². The first-order valence-electron chi connectivity index (χ1n) is 7.90. The van der Waals surface area contributed by atoms with Crippen LogP contribution in [0.3, 0.4) is 0 Å². The van der Waals surface area contributed by atoms with Crippen molar-refractivity contribution in [3.63, 3.8) is 0 Å². The highest BCUT2D eigenvalue weighted by Gasteiger charge is 2.20. The number of thiophene rings is 1. The van der Waals surface area contributed by atoms with Crippen LogP contribution in [0.1, 0.15) is 16.6 Å². The molecule has 3 rings (SSSR count). The van der Waals surface area contributed by atoms with Gasteiger partial charge in [-0.3, -0.25) is 4.79 Å². The molecule has 132 valence electrons. The van der Waals surface area contributed by atoms with Crippen LogP contribution in [0, 0.1) is 0 Å². The third kappa shape index (κ3) is 4.10. The number of anilines is 1. The monoisotopic (exact) mass is 367 g/mol. The largest absolute Gasteiger partial charge is 0.495 e. The Hall–Kier alpha value is -3.12. The SMILES string of the molecule is COc1cc(-c2ccccc2)sc1C(=O)Oc1ccc(NC(C)=O)cc1. The van der Waals surface area contributed by atoms with E-state index in [1.165, 1.54) is 25.4 Å². The van der Waals surface area contributed by atoms with Gasteiger partial charge in [0.15, 0.2) is 4.88 Å². The van der Waals surface area contributed by atoms with Gasteiger partial charge in [-0.05, 0) is 35.9 Å². The summed E-state index contributed by atoms with van der Waals surface area (Å²) in [6, 6.07) is 18.2. The molecule has 1 N–H and O–H groups in total. The zero-order valence-corrected chi connectivity index (χ0v) is 15.1. The molecule has 0 spiro atoms. The summed E-state index contributed by atoms with van der Waals surface area (Å²) in [5.41, 5.74) is 1.65. The Morgan fingerprint density at radius 1 is 1.00 bits per heavy atom. The summed E-state index contributed by atoms with van der Waals surface area (Å²) in [5.74, 6) is 0.224. The van der Waals surface area contributed by atoms with Crippen LogP contribution in [0.2, 0.25) is 0 Å². The van der Waals surface area contributed by atoms with E-state index in [-0.39, 0.29) is 5.91 Å². The molecular formula is C20H17NO4S. The van der Waals surface area contributed by atoms with Crippen molar-refractivity contribution in [2.45, 2.75) is 6.92 Å². The first-order chi connectivity index (χ1) is 12.6. The van der Waals surface area contributed by atoms with Crippen molar-refractivity contribution in [1.82, 2.24) is 0 Å². The summed E-state index contributed by atoms with van der Waals surface area (Å²) in [5, 5.41) is 2.66. The summed E-state index contributed by atoms with van der Waals surface area (Å²) < 4.78 is 10.8. The third-order valence-corrected chi connectivity index (χ3v) is 4.69. The molecule has 0 atom stereocenters. The number of methoxy groups -OCH3 is 1. The molecule has 0 unspecified atom stereocenters. The number of amides is 1. The molecule has 0 aliphatic carbocycles. The lowest BCUT2D eigenvalue weighted by Crippen LogP contribution is -2.08. The molecule has 0 fully saturated rings. The van der Waals surface area contributed by atoms with Crippen LogP contribution in [-0.4, -0.2) is 19.0 Å². The lowest BCUT2D eigenvalue weighted by Gasteiger charge is -2.06. The summed E-state index contributed by atoms with van der Waals surface area (Å²) >= 11 is 1.32. The minimum absolute atomic E-state index is 0.161. The van der Waals surface area contributed by atoms with Gasteiger partial charge in [-0.2, -0.15) is 0 Å². The zero-order chi connectivity index (χ0) is 18.5. The Balaban J connectivity index is 1.79. The molecular weight excluding hydrogens is 350 g/mol. The van der Waals surface area contributed by atoms with E-state index < -0.39 is 5.97 Å². The molecule has 6 heteroatoms. The first-order valence-corrected chi connectivity index (χ1v) is 8.71. The molecule has 0 bridgehead atoms. The summed E-state index contributed by atoms with van der Waals surface area (Å²) in [6.45, 7) is 1.43. The molecule has 0 saturated carbocycles. The fourth-order valence-corrected chi connectivity index (χ4v) is 3.38. The number of esters is 1. The normalized spacial score (nSPS) is 10.2. The molecule has 0 aliphatic rings. The van der Waals surface area contributed by atoms with Crippen molar-refractivity contribution in [3.8, 4) is 21.9 Å². The van der Waals surface area contributed by atoms with Gasteiger partial charge >= 0.3 is 5.97 Å². The fourth-order valence-electron chi connectivity index (χ4n) is 2.38. The van der Waals surface area contributed by atoms with Gasteiger partial charge < -0.3 is 14.8 Å². The Bertz CT molecular complexity index is 917. The number of rotatable bonds is 5. The molecule has 5 nitrogen and oxygen atoms in total. The number of carbonyl (C=O) groups excluding carboxylic acids is 2. The molecule has 1 amide bonds. The number of benzene rings is 2. The molecule has 26 heavy (non-hydrogen) atoms. The highest BCUT2D eigenvalue weighted by molar-refractivity contribution is 7.17. The minimum atomic E-state index is -0.485. The lowest BCUT2D eigenvalue weighted by atomic mass is 10.2. The number of nitrogens with one attached hydrogen (secondary N) is 1. The molecule has 0 aliphatic heterocycles. The Kier molecular flexibility index (Phi) is 5.34. The van der Waals surface area contributed by atoms with Crippen LogP contribution in [0.15, 0.2) is 60.7 Å². The van der Waals surface area contributed by atoms with Gasteiger partial charge in [0.05, 0.1) is 7.11 Å². The van der Waals surface area contributed by atoms with E-state index in [1.807, 2.05) is 36.4 Å². The van der Waals surface area contributed by atoms with Gasteiger partial charge in [-0.15, -0.1) is 11.3 Å². The summed E-state index contributed by atoms with van der Waals surface area (Å²) in [6.07, 6.45) is 0. The van der Waals surface area contributed by atoms with Crippen molar-refractivity contribution >= 4 is 28.9 Å². The second-order valence-electron chi connectivity index (χ2n) is 5.47. The smallest absolute Gasteiger partial charge is 0.357 e.